The molecule has 116 valence electrons. The number of fused-ring (bicyclic) bond motifs is 1. The second-order valence-corrected chi connectivity index (χ2v) is 7.31. The highest BCUT2D eigenvalue weighted by Crippen LogP contribution is 2.29. The number of nitrogens with zero attached hydrogens (tertiary/aromatic N) is 1. The molecule has 0 N–H and O–H groups in total. The maximum Gasteiger partial charge on any atom is 0.239 e. The second kappa shape index (κ2) is 6.10. The number of hydrogen-bond acceptors (Lipinski definition) is 3. The fraction of sp³-hybridized carbons (Fsp3) is 0.294. The highest BCUT2D eigenvalue weighted by molar-refractivity contribution is 7.93. The van der Waals surface area contributed by atoms with Crippen LogP contribution in [0.3, 0.4) is 0 Å². The number of allylic oxidation sites excluding steroid dienone is 1. The van der Waals surface area contributed by atoms with Gasteiger partial charge in [-0.05, 0) is 42.2 Å². The van der Waals surface area contributed by atoms with Crippen LogP contribution in [-0.4, -0.2) is 19.3 Å². The minimum absolute atomic E-state index is 0.269. The molecule has 0 amide bonds. The summed E-state index contributed by atoms with van der Waals surface area (Å²) in [7, 11) is -3.46. The SMILES string of the molecule is CCN(Cc1ccco1)S(=O)(=O)C1=Cc2ccccc2CC1. The van der Waals surface area contributed by atoms with Gasteiger partial charge in [0, 0.05) is 6.54 Å². The van der Waals surface area contributed by atoms with Crippen LogP contribution >= 0.6 is 0 Å². The van der Waals surface area contributed by atoms with Crippen molar-refractivity contribution in [3.63, 3.8) is 0 Å². The van der Waals surface area contributed by atoms with Crippen LogP contribution in [0.15, 0.2) is 52.0 Å². The molecule has 0 atom stereocenters. The molecule has 3 rings (SSSR count). The zero-order chi connectivity index (χ0) is 15.6. The van der Waals surface area contributed by atoms with E-state index in [0.717, 1.165) is 12.0 Å². The highest BCUT2D eigenvalue weighted by Gasteiger charge is 2.28. The lowest BCUT2D eigenvalue weighted by atomic mass is 9.98. The van der Waals surface area contributed by atoms with Gasteiger partial charge in [0.1, 0.15) is 5.76 Å². The first-order chi connectivity index (χ1) is 10.6. The standard InChI is InChI=1S/C17H19NO3S/c1-2-18(13-16-8-5-11-21-16)22(19,20)17-10-9-14-6-3-4-7-15(14)12-17/h3-8,11-12H,2,9-10,13H2,1H3. The molecular formula is C17H19NO3S. The van der Waals surface area contributed by atoms with Crippen LogP contribution in [0.5, 0.6) is 0 Å². The van der Waals surface area contributed by atoms with Gasteiger partial charge in [-0.25, -0.2) is 8.42 Å². The molecule has 0 unspecified atom stereocenters. The second-order valence-electron chi connectivity index (χ2n) is 5.32. The molecule has 1 aliphatic rings. The number of sulfonamides is 1. The molecule has 0 saturated heterocycles. The molecule has 2 aromatic rings. The van der Waals surface area contributed by atoms with Crippen LogP contribution in [0, 0.1) is 0 Å². The topological polar surface area (TPSA) is 50.5 Å². The lowest BCUT2D eigenvalue weighted by molar-refractivity contribution is 0.378. The average Bonchev–Trinajstić information content (AvgIpc) is 3.05. The van der Waals surface area contributed by atoms with E-state index in [2.05, 4.69) is 6.07 Å². The molecule has 5 heteroatoms. The van der Waals surface area contributed by atoms with Gasteiger partial charge in [-0.1, -0.05) is 31.2 Å². The third-order valence-electron chi connectivity index (χ3n) is 3.95. The number of benzene rings is 1. The summed E-state index contributed by atoms with van der Waals surface area (Å²) in [6.07, 6.45) is 4.68. The molecule has 1 aliphatic carbocycles. The number of hydrogen-bond donors (Lipinski definition) is 0. The monoisotopic (exact) mass is 317 g/mol. The summed E-state index contributed by atoms with van der Waals surface area (Å²) >= 11 is 0. The Kier molecular flexibility index (Phi) is 4.18. The quantitative estimate of drug-likeness (QED) is 0.849. The summed E-state index contributed by atoms with van der Waals surface area (Å²) in [5, 5.41) is 0. The van der Waals surface area contributed by atoms with Crippen LogP contribution < -0.4 is 0 Å². The van der Waals surface area contributed by atoms with Gasteiger partial charge in [0.05, 0.1) is 17.7 Å². The molecule has 0 bridgehead atoms. The summed E-state index contributed by atoms with van der Waals surface area (Å²) in [5.41, 5.74) is 2.21. The van der Waals surface area contributed by atoms with Crippen molar-refractivity contribution >= 4 is 16.1 Å². The summed E-state index contributed by atoms with van der Waals surface area (Å²) in [5.74, 6) is 0.655. The van der Waals surface area contributed by atoms with Crippen LogP contribution in [-0.2, 0) is 23.0 Å². The van der Waals surface area contributed by atoms with Crippen LogP contribution in [0.1, 0.15) is 30.2 Å². The van der Waals surface area contributed by atoms with E-state index < -0.39 is 10.0 Å². The zero-order valence-electron chi connectivity index (χ0n) is 12.5. The van der Waals surface area contributed by atoms with Gasteiger partial charge in [-0.2, -0.15) is 4.31 Å². The smallest absolute Gasteiger partial charge is 0.239 e. The molecule has 4 nitrogen and oxygen atoms in total. The Morgan fingerprint density at radius 3 is 2.68 bits per heavy atom. The van der Waals surface area contributed by atoms with Gasteiger partial charge >= 0.3 is 0 Å². The molecule has 0 fully saturated rings. The van der Waals surface area contributed by atoms with Crippen molar-refractivity contribution in [1.82, 2.24) is 4.31 Å². The van der Waals surface area contributed by atoms with Gasteiger partial charge in [-0.3, -0.25) is 0 Å². The van der Waals surface area contributed by atoms with Crippen LogP contribution in [0.2, 0.25) is 0 Å². The van der Waals surface area contributed by atoms with Gasteiger partial charge in [0.15, 0.2) is 0 Å². The average molecular weight is 317 g/mol. The van der Waals surface area contributed by atoms with Gasteiger partial charge < -0.3 is 4.42 Å². The minimum Gasteiger partial charge on any atom is -0.468 e. The van der Waals surface area contributed by atoms with Crippen molar-refractivity contribution in [3.05, 3.63) is 64.5 Å². The molecule has 0 radical (unpaired) electrons. The zero-order valence-corrected chi connectivity index (χ0v) is 13.3. The van der Waals surface area contributed by atoms with Crippen molar-refractivity contribution in [2.45, 2.75) is 26.3 Å². The summed E-state index contributed by atoms with van der Waals surface area (Å²) in [6, 6.07) is 11.5. The third kappa shape index (κ3) is 2.87. The van der Waals surface area contributed by atoms with E-state index >= 15 is 0 Å². The maximum atomic E-state index is 12.9. The first kappa shape index (κ1) is 15.1. The lowest BCUT2D eigenvalue weighted by Gasteiger charge is -2.23. The Morgan fingerprint density at radius 2 is 1.95 bits per heavy atom. The Balaban J connectivity index is 1.90. The van der Waals surface area contributed by atoms with Crippen LogP contribution in [0.25, 0.3) is 6.08 Å². The molecular weight excluding hydrogens is 298 g/mol. The van der Waals surface area contributed by atoms with E-state index in [1.54, 1.807) is 24.5 Å². The molecule has 0 saturated carbocycles. The van der Waals surface area contributed by atoms with E-state index in [1.807, 2.05) is 25.1 Å². The van der Waals surface area contributed by atoms with E-state index in [9.17, 15) is 8.42 Å². The first-order valence-corrected chi connectivity index (χ1v) is 8.86. The Hall–Kier alpha value is -1.85. The van der Waals surface area contributed by atoms with Crippen molar-refractivity contribution in [2.24, 2.45) is 0 Å². The summed E-state index contributed by atoms with van der Waals surface area (Å²) in [4.78, 5) is 0.486. The fourth-order valence-electron chi connectivity index (χ4n) is 2.72. The Morgan fingerprint density at radius 1 is 1.14 bits per heavy atom. The lowest BCUT2D eigenvalue weighted by Crippen LogP contribution is -2.32. The van der Waals surface area contributed by atoms with Crippen LogP contribution in [0.4, 0.5) is 0 Å². The van der Waals surface area contributed by atoms with Gasteiger partial charge in [0.2, 0.25) is 10.0 Å². The third-order valence-corrected chi connectivity index (χ3v) is 6.00. The number of aryl methyl sites for hydroxylation is 1. The molecule has 0 aliphatic heterocycles. The van der Waals surface area contributed by atoms with E-state index in [-0.39, 0.29) is 6.54 Å². The highest BCUT2D eigenvalue weighted by atomic mass is 32.2. The maximum absolute atomic E-state index is 12.9. The predicted molar refractivity (Wildman–Crippen MR) is 86.5 cm³/mol. The molecule has 22 heavy (non-hydrogen) atoms. The molecule has 0 spiro atoms. The fourth-order valence-corrected chi connectivity index (χ4v) is 4.32. The minimum atomic E-state index is -3.46. The molecule has 1 aromatic heterocycles. The Bertz CT molecular complexity index is 776. The normalized spacial score (nSPS) is 14.7. The predicted octanol–water partition coefficient (Wildman–Crippen LogP) is 3.42. The number of furan rings is 1. The van der Waals surface area contributed by atoms with E-state index in [4.69, 9.17) is 4.42 Å². The first-order valence-electron chi connectivity index (χ1n) is 7.42. The van der Waals surface area contributed by atoms with Crippen molar-refractivity contribution in [1.29, 1.82) is 0 Å². The summed E-state index contributed by atoms with van der Waals surface area (Å²) in [6.45, 7) is 2.53. The van der Waals surface area contributed by atoms with Gasteiger partial charge in [0.25, 0.3) is 0 Å². The van der Waals surface area contributed by atoms with Crippen molar-refractivity contribution in [2.75, 3.05) is 6.54 Å². The van der Waals surface area contributed by atoms with Crippen molar-refractivity contribution < 1.29 is 12.8 Å². The molecule has 1 aromatic carbocycles. The molecule has 1 heterocycles. The van der Waals surface area contributed by atoms with E-state index in [0.29, 0.717) is 23.6 Å². The summed E-state index contributed by atoms with van der Waals surface area (Å²) < 4.78 is 32.5. The largest absolute Gasteiger partial charge is 0.468 e. The van der Waals surface area contributed by atoms with Gasteiger partial charge in [-0.15, -0.1) is 0 Å². The Labute approximate surface area is 131 Å². The van der Waals surface area contributed by atoms with Crippen molar-refractivity contribution in [3.8, 4) is 0 Å². The number of rotatable bonds is 5. The van der Waals surface area contributed by atoms with E-state index in [1.165, 1.54) is 9.87 Å².